The van der Waals surface area contributed by atoms with Crippen LogP contribution >= 0.6 is 0 Å². The maximum absolute atomic E-state index is 12.2. The molecule has 2 rings (SSSR count). The molecule has 1 saturated heterocycles. The Labute approximate surface area is 115 Å². The Morgan fingerprint density at radius 3 is 2.74 bits per heavy atom. The number of nitrogens with zero attached hydrogens (tertiary/aromatic N) is 1. The molecule has 19 heavy (non-hydrogen) atoms. The quantitative estimate of drug-likeness (QED) is 0.895. The third-order valence-corrected chi connectivity index (χ3v) is 5.41. The summed E-state index contributed by atoms with van der Waals surface area (Å²) in [6.45, 7) is 3.84. The van der Waals surface area contributed by atoms with Crippen molar-refractivity contribution < 1.29 is 8.42 Å². The van der Waals surface area contributed by atoms with Crippen molar-refractivity contribution in [2.75, 3.05) is 25.4 Å². The van der Waals surface area contributed by atoms with Gasteiger partial charge in [0.25, 0.3) is 0 Å². The summed E-state index contributed by atoms with van der Waals surface area (Å²) in [5, 5.41) is 3.39. The van der Waals surface area contributed by atoms with Crippen molar-refractivity contribution in [3.63, 3.8) is 0 Å². The Kier molecular flexibility index (Phi) is 4.96. The highest BCUT2D eigenvalue weighted by Crippen LogP contribution is 2.19. The first kappa shape index (κ1) is 14.5. The van der Waals surface area contributed by atoms with E-state index in [-0.39, 0.29) is 11.8 Å². The van der Waals surface area contributed by atoms with E-state index in [9.17, 15) is 8.42 Å². The topological polar surface area (TPSA) is 49.4 Å². The number of nitrogens with one attached hydrogen (secondary N) is 1. The molecule has 1 aliphatic rings. The molecule has 1 aromatic carbocycles. The van der Waals surface area contributed by atoms with E-state index < -0.39 is 10.0 Å². The van der Waals surface area contributed by atoms with Gasteiger partial charge in [0.1, 0.15) is 0 Å². The number of hydrogen-bond acceptors (Lipinski definition) is 3. The molecule has 4 nitrogen and oxygen atoms in total. The lowest BCUT2D eigenvalue weighted by Gasteiger charge is -2.33. The van der Waals surface area contributed by atoms with Crippen molar-refractivity contribution >= 4 is 10.0 Å². The van der Waals surface area contributed by atoms with E-state index in [1.54, 1.807) is 4.31 Å². The molecule has 106 valence electrons. The van der Waals surface area contributed by atoms with Crippen LogP contribution in [-0.4, -0.2) is 38.1 Å². The zero-order chi connectivity index (χ0) is 13.7. The highest BCUT2D eigenvalue weighted by Gasteiger charge is 2.28. The summed E-state index contributed by atoms with van der Waals surface area (Å²) in [5.74, 6) is 0.269. The highest BCUT2D eigenvalue weighted by atomic mass is 32.2. The summed E-state index contributed by atoms with van der Waals surface area (Å²) in [4.78, 5) is 0. The minimum atomic E-state index is -3.09. The van der Waals surface area contributed by atoms with E-state index in [0.29, 0.717) is 19.6 Å². The van der Waals surface area contributed by atoms with Gasteiger partial charge in [-0.05, 0) is 12.0 Å². The molecule has 1 fully saturated rings. The van der Waals surface area contributed by atoms with Crippen LogP contribution in [0.1, 0.15) is 31.4 Å². The molecule has 0 spiro atoms. The van der Waals surface area contributed by atoms with Crippen LogP contribution < -0.4 is 5.32 Å². The molecule has 0 saturated carbocycles. The number of hydrogen-bond donors (Lipinski definition) is 1. The average molecular weight is 282 g/mol. The normalized spacial score (nSPS) is 21.4. The summed E-state index contributed by atoms with van der Waals surface area (Å²) in [6.07, 6.45) is 1.65. The van der Waals surface area contributed by atoms with E-state index in [2.05, 4.69) is 5.32 Å². The third-order valence-electron chi connectivity index (χ3n) is 3.49. The van der Waals surface area contributed by atoms with Gasteiger partial charge in [0.15, 0.2) is 0 Å². The second kappa shape index (κ2) is 6.50. The second-order valence-corrected chi connectivity index (χ2v) is 7.03. The predicted molar refractivity (Wildman–Crippen MR) is 77.5 cm³/mol. The minimum Gasteiger partial charge on any atom is -0.308 e. The summed E-state index contributed by atoms with van der Waals surface area (Å²) in [5.41, 5.74) is 1.15. The number of unbranched alkanes of at least 4 members (excludes halogenated alkanes) is 1. The molecule has 5 heteroatoms. The van der Waals surface area contributed by atoms with Crippen molar-refractivity contribution in [3.8, 4) is 0 Å². The van der Waals surface area contributed by atoms with Crippen LogP contribution in [0.25, 0.3) is 0 Å². The lowest BCUT2D eigenvalue weighted by atomic mass is 10.1. The van der Waals surface area contributed by atoms with E-state index in [1.165, 1.54) is 0 Å². The van der Waals surface area contributed by atoms with Crippen LogP contribution in [0.15, 0.2) is 30.3 Å². The fraction of sp³-hybridized carbons (Fsp3) is 0.571. The number of benzene rings is 1. The molecule has 0 aromatic heterocycles. The van der Waals surface area contributed by atoms with Gasteiger partial charge < -0.3 is 5.32 Å². The average Bonchev–Trinajstić information content (AvgIpc) is 2.46. The van der Waals surface area contributed by atoms with Crippen LogP contribution in [0.2, 0.25) is 0 Å². The Balaban J connectivity index is 2.05. The van der Waals surface area contributed by atoms with E-state index in [1.807, 2.05) is 37.3 Å². The van der Waals surface area contributed by atoms with Gasteiger partial charge in [-0.1, -0.05) is 43.7 Å². The van der Waals surface area contributed by atoms with Gasteiger partial charge in [-0.2, -0.15) is 4.31 Å². The third kappa shape index (κ3) is 3.78. The van der Waals surface area contributed by atoms with Crippen LogP contribution in [-0.2, 0) is 10.0 Å². The monoisotopic (exact) mass is 282 g/mol. The van der Waals surface area contributed by atoms with Crippen molar-refractivity contribution in [1.82, 2.24) is 9.62 Å². The van der Waals surface area contributed by atoms with Crippen molar-refractivity contribution in [2.24, 2.45) is 0 Å². The molecule has 1 aliphatic heterocycles. The maximum atomic E-state index is 12.2. The number of rotatable bonds is 5. The van der Waals surface area contributed by atoms with Crippen molar-refractivity contribution in [1.29, 1.82) is 0 Å². The Hall–Kier alpha value is -0.910. The first-order valence-electron chi connectivity index (χ1n) is 6.89. The van der Waals surface area contributed by atoms with Crippen LogP contribution in [0.5, 0.6) is 0 Å². The zero-order valence-electron chi connectivity index (χ0n) is 11.4. The molecule has 0 bridgehead atoms. The fourth-order valence-corrected chi connectivity index (χ4v) is 4.00. The largest absolute Gasteiger partial charge is 0.308 e. The van der Waals surface area contributed by atoms with Gasteiger partial charge in [-0.25, -0.2) is 8.42 Å². The molecular formula is C14H22N2O2S. The smallest absolute Gasteiger partial charge is 0.214 e. The SMILES string of the molecule is CCCCS(=O)(=O)N1CCNC(c2ccccc2)C1. The minimum absolute atomic E-state index is 0.103. The molecule has 0 amide bonds. The van der Waals surface area contributed by atoms with Gasteiger partial charge in [0.05, 0.1) is 5.75 Å². The van der Waals surface area contributed by atoms with E-state index in [4.69, 9.17) is 0 Å². The highest BCUT2D eigenvalue weighted by molar-refractivity contribution is 7.89. The maximum Gasteiger partial charge on any atom is 0.214 e. The Bertz CT molecular complexity index is 487. The predicted octanol–water partition coefficient (Wildman–Crippen LogP) is 1.76. The van der Waals surface area contributed by atoms with Gasteiger partial charge in [0, 0.05) is 25.7 Å². The summed E-state index contributed by atoms with van der Waals surface area (Å²) in [6, 6.07) is 10.1. The van der Waals surface area contributed by atoms with Crippen LogP contribution in [0.4, 0.5) is 0 Å². The van der Waals surface area contributed by atoms with Gasteiger partial charge in [-0.15, -0.1) is 0 Å². The second-order valence-electron chi connectivity index (χ2n) is 4.94. The first-order valence-corrected chi connectivity index (χ1v) is 8.50. The van der Waals surface area contributed by atoms with Gasteiger partial charge >= 0.3 is 0 Å². The van der Waals surface area contributed by atoms with Gasteiger partial charge in [-0.3, -0.25) is 0 Å². The first-order chi connectivity index (χ1) is 9.13. The molecule has 1 atom stereocenters. The molecule has 1 aromatic rings. The molecule has 0 aliphatic carbocycles. The van der Waals surface area contributed by atoms with E-state index >= 15 is 0 Å². The van der Waals surface area contributed by atoms with Crippen LogP contribution in [0.3, 0.4) is 0 Å². The molecule has 1 N–H and O–H groups in total. The van der Waals surface area contributed by atoms with Crippen molar-refractivity contribution in [3.05, 3.63) is 35.9 Å². The molecule has 1 heterocycles. The van der Waals surface area contributed by atoms with Crippen molar-refractivity contribution in [2.45, 2.75) is 25.8 Å². The lowest BCUT2D eigenvalue weighted by molar-refractivity contribution is 0.301. The Morgan fingerprint density at radius 1 is 1.32 bits per heavy atom. The summed E-state index contributed by atoms with van der Waals surface area (Å²) in [7, 11) is -3.09. The molecular weight excluding hydrogens is 260 g/mol. The molecule has 0 radical (unpaired) electrons. The number of piperazine rings is 1. The molecule has 1 unspecified atom stereocenters. The lowest BCUT2D eigenvalue weighted by Crippen LogP contribution is -2.48. The summed E-state index contributed by atoms with van der Waals surface area (Å²) >= 11 is 0. The van der Waals surface area contributed by atoms with E-state index in [0.717, 1.165) is 18.4 Å². The Morgan fingerprint density at radius 2 is 2.05 bits per heavy atom. The number of sulfonamides is 1. The zero-order valence-corrected chi connectivity index (χ0v) is 12.2. The fourth-order valence-electron chi connectivity index (χ4n) is 2.34. The van der Waals surface area contributed by atoms with Crippen LogP contribution in [0, 0.1) is 0 Å². The van der Waals surface area contributed by atoms with Gasteiger partial charge in [0.2, 0.25) is 10.0 Å². The standard InChI is InChI=1S/C14H22N2O2S/c1-2-3-11-19(17,18)16-10-9-15-14(12-16)13-7-5-4-6-8-13/h4-8,14-15H,2-3,9-12H2,1H3. The summed E-state index contributed by atoms with van der Waals surface area (Å²) < 4.78 is 26.1.